The van der Waals surface area contributed by atoms with Gasteiger partial charge in [-0.05, 0) is 33.6 Å². The molecule has 4 rings (SSSR count). The first-order valence-corrected chi connectivity index (χ1v) is 8.98. The Balaban J connectivity index is 1.54. The summed E-state index contributed by atoms with van der Waals surface area (Å²) in [4.78, 5) is 12.0. The molecule has 5 unspecified atom stereocenters. The van der Waals surface area contributed by atoms with Crippen molar-refractivity contribution in [2.24, 2.45) is 0 Å². The largest absolute Gasteiger partial charge is 0.429 e. The van der Waals surface area contributed by atoms with Crippen molar-refractivity contribution in [3.05, 3.63) is 12.2 Å². The molecule has 0 amide bonds. The summed E-state index contributed by atoms with van der Waals surface area (Å²) >= 11 is 0. The average Bonchev–Trinajstić information content (AvgIpc) is 3.27. The summed E-state index contributed by atoms with van der Waals surface area (Å²) in [6.45, 7) is 9.35. The molecule has 4 aliphatic rings. The van der Waals surface area contributed by atoms with Crippen LogP contribution in [0.3, 0.4) is 0 Å². The fourth-order valence-electron chi connectivity index (χ4n) is 4.06. The van der Waals surface area contributed by atoms with E-state index >= 15 is 0 Å². The molecule has 0 aromatic rings. The maximum Gasteiger partial charge on any atom is 0.335 e. The minimum Gasteiger partial charge on any atom is -0.429 e. The van der Waals surface area contributed by atoms with Crippen LogP contribution in [0.5, 0.6) is 0 Å². The molecule has 3 heterocycles. The lowest BCUT2D eigenvalue weighted by Gasteiger charge is -2.28. The van der Waals surface area contributed by atoms with Crippen molar-refractivity contribution in [2.45, 2.75) is 88.7 Å². The summed E-state index contributed by atoms with van der Waals surface area (Å²) < 4.78 is 35.6. The molecule has 4 fully saturated rings. The molecule has 140 valence electrons. The normalized spacial score (nSPS) is 41.2. The molecule has 7 heteroatoms. The van der Waals surface area contributed by atoms with Gasteiger partial charge in [0.15, 0.2) is 17.7 Å². The van der Waals surface area contributed by atoms with Crippen LogP contribution in [0.15, 0.2) is 12.2 Å². The van der Waals surface area contributed by atoms with Crippen molar-refractivity contribution < 1.29 is 33.2 Å². The van der Waals surface area contributed by atoms with Gasteiger partial charge in [0.2, 0.25) is 6.29 Å². The first-order valence-electron chi connectivity index (χ1n) is 8.98. The maximum atomic E-state index is 12.0. The molecule has 0 bridgehead atoms. The van der Waals surface area contributed by atoms with E-state index in [1.165, 1.54) is 0 Å². The van der Waals surface area contributed by atoms with Crippen LogP contribution in [-0.2, 0) is 33.2 Å². The predicted octanol–water partition coefficient (Wildman–Crippen LogP) is 2.04. The Morgan fingerprint density at radius 2 is 1.76 bits per heavy atom. The monoisotopic (exact) mass is 354 g/mol. The molecule has 1 spiro atoms. The molecule has 7 nitrogen and oxygen atoms in total. The zero-order chi connectivity index (χ0) is 17.8. The van der Waals surface area contributed by atoms with Crippen LogP contribution in [0.2, 0.25) is 0 Å². The van der Waals surface area contributed by atoms with Gasteiger partial charge in [-0.1, -0.05) is 6.58 Å². The van der Waals surface area contributed by atoms with Gasteiger partial charge in [-0.25, -0.2) is 4.79 Å². The second-order valence-corrected chi connectivity index (χ2v) is 7.80. The zero-order valence-corrected chi connectivity index (χ0v) is 15.0. The first-order chi connectivity index (χ1) is 11.8. The van der Waals surface area contributed by atoms with Gasteiger partial charge in [0.1, 0.15) is 18.3 Å². The molecule has 3 aliphatic heterocycles. The third-order valence-corrected chi connectivity index (χ3v) is 5.24. The van der Waals surface area contributed by atoms with Gasteiger partial charge >= 0.3 is 5.97 Å². The lowest BCUT2D eigenvalue weighted by atomic mass is 10.1. The van der Waals surface area contributed by atoms with Crippen molar-refractivity contribution in [2.75, 3.05) is 6.61 Å². The number of ether oxygens (including phenoxy) is 6. The van der Waals surface area contributed by atoms with Crippen molar-refractivity contribution in [1.29, 1.82) is 0 Å². The summed E-state index contributed by atoms with van der Waals surface area (Å²) in [6, 6.07) is 0. The van der Waals surface area contributed by atoms with Gasteiger partial charge in [0, 0.05) is 18.4 Å². The Labute approximate surface area is 147 Å². The number of hydrogen-bond donors (Lipinski definition) is 0. The van der Waals surface area contributed by atoms with Crippen LogP contribution in [0.25, 0.3) is 0 Å². The van der Waals surface area contributed by atoms with Gasteiger partial charge in [-0.3, -0.25) is 0 Å². The highest BCUT2D eigenvalue weighted by Gasteiger charge is 2.62. The number of carbonyl (C=O) groups is 1. The molecule has 0 aromatic heterocycles. The lowest BCUT2D eigenvalue weighted by molar-refractivity contribution is -0.251. The van der Waals surface area contributed by atoms with Crippen LogP contribution >= 0.6 is 0 Å². The highest BCUT2D eigenvalue weighted by Crippen LogP contribution is 2.48. The number of fused-ring (bicyclic) bond motifs is 1. The number of hydrogen-bond acceptors (Lipinski definition) is 7. The van der Waals surface area contributed by atoms with E-state index in [1.807, 2.05) is 13.8 Å². The number of esters is 1. The van der Waals surface area contributed by atoms with Crippen molar-refractivity contribution >= 4 is 5.97 Å². The highest BCUT2D eigenvalue weighted by molar-refractivity contribution is 5.87. The zero-order valence-electron chi connectivity index (χ0n) is 15.0. The van der Waals surface area contributed by atoms with Gasteiger partial charge in [-0.2, -0.15) is 0 Å². The Bertz CT molecular complexity index is 566. The standard InChI is InChI=1S/C18H26O7/c1-10(2)15(19)22-16-14-13(24-18(25-14)7-5-6-8-18)12(21-16)11-9-20-17(3,4)23-11/h11-14,16H,1,5-9H2,2-4H3. The van der Waals surface area contributed by atoms with Crippen molar-refractivity contribution in [3.8, 4) is 0 Å². The van der Waals surface area contributed by atoms with E-state index in [-0.39, 0.29) is 12.2 Å². The molecule has 1 saturated carbocycles. The maximum absolute atomic E-state index is 12.0. The summed E-state index contributed by atoms with van der Waals surface area (Å²) in [5.41, 5.74) is 0.319. The summed E-state index contributed by atoms with van der Waals surface area (Å²) in [7, 11) is 0. The second-order valence-electron chi connectivity index (χ2n) is 7.80. The van der Waals surface area contributed by atoms with Crippen LogP contribution in [0.1, 0.15) is 46.5 Å². The Hall–Kier alpha value is -0.990. The molecule has 0 N–H and O–H groups in total. The summed E-state index contributed by atoms with van der Waals surface area (Å²) in [6.07, 6.45) is 1.50. The quantitative estimate of drug-likeness (QED) is 0.567. The fraction of sp³-hybridized carbons (Fsp3) is 0.833. The molecule has 5 atom stereocenters. The van der Waals surface area contributed by atoms with Crippen LogP contribution < -0.4 is 0 Å². The van der Waals surface area contributed by atoms with Gasteiger partial charge in [0.25, 0.3) is 0 Å². The van der Waals surface area contributed by atoms with E-state index < -0.39 is 36.0 Å². The minimum absolute atomic E-state index is 0.295. The molecule has 25 heavy (non-hydrogen) atoms. The Morgan fingerprint density at radius 1 is 1.08 bits per heavy atom. The molecular formula is C18H26O7. The summed E-state index contributed by atoms with van der Waals surface area (Å²) in [5.74, 6) is -1.75. The molecular weight excluding hydrogens is 328 g/mol. The van der Waals surface area contributed by atoms with Crippen LogP contribution in [-0.4, -0.2) is 54.9 Å². The molecule has 0 radical (unpaired) electrons. The van der Waals surface area contributed by atoms with Gasteiger partial charge < -0.3 is 28.4 Å². The molecule has 3 saturated heterocycles. The SMILES string of the molecule is C=C(C)C(=O)OC1OC(C2COC(C)(C)O2)C2OC3(CCCC3)OC12. The van der Waals surface area contributed by atoms with Crippen LogP contribution in [0, 0.1) is 0 Å². The highest BCUT2D eigenvalue weighted by atomic mass is 16.8. The predicted molar refractivity (Wildman–Crippen MR) is 85.4 cm³/mol. The Kier molecular flexibility index (Phi) is 4.20. The smallest absolute Gasteiger partial charge is 0.335 e. The topological polar surface area (TPSA) is 72.5 Å². The van der Waals surface area contributed by atoms with E-state index in [9.17, 15) is 4.79 Å². The minimum atomic E-state index is -0.827. The molecule has 0 aromatic carbocycles. The molecule has 1 aliphatic carbocycles. The fourth-order valence-corrected chi connectivity index (χ4v) is 4.06. The number of carbonyl (C=O) groups excluding carboxylic acids is 1. The van der Waals surface area contributed by atoms with E-state index in [0.29, 0.717) is 12.2 Å². The average molecular weight is 354 g/mol. The van der Waals surface area contributed by atoms with Gasteiger partial charge in [-0.15, -0.1) is 0 Å². The van der Waals surface area contributed by atoms with E-state index in [2.05, 4.69) is 6.58 Å². The van der Waals surface area contributed by atoms with E-state index in [1.54, 1.807) is 6.92 Å². The van der Waals surface area contributed by atoms with Crippen LogP contribution in [0.4, 0.5) is 0 Å². The van der Waals surface area contributed by atoms with E-state index in [0.717, 1.165) is 25.7 Å². The third kappa shape index (κ3) is 3.13. The van der Waals surface area contributed by atoms with E-state index in [4.69, 9.17) is 28.4 Å². The summed E-state index contributed by atoms with van der Waals surface area (Å²) in [5, 5.41) is 0. The van der Waals surface area contributed by atoms with Crippen molar-refractivity contribution in [1.82, 2.24) is 0 Å². The lowest BCUT2D eigenvalue weighted by Crippen LogP contribution is -2.41. The van der Waals surface area contributed by atoms with Crippen molar-refractivity contribution in [3.63, 3.8) is 0 Å². The Morgan fingerprint density at radius 3 is 2.36 bits per heavy atom. The second kappa shape index (κ2) is 6.03. The third-order valence-electron chi connectivity index (χ3n) is 5.24. The first kappa shape index (κ1) is 17.4. The number of rotatable bonds is 3. The van der Waals surface area contributed by atoms with Gasteiger partial charge in [0.05, 0.1) is 6.61 Å².